The lowest BCUT2D eigenvalue weighted by Crippen LogP contribution is -2.07. The number of ether oxygens (including phenoxy) is 1. The third-order valence-corrected chi connectivity index (χ3v) is 3.09. The lowest BCUT2D eigenvalue weighted by Gasteiger charge is -2.12. The number of benzene rings is 2. The monoisotopic (exact) mass is 308 g/mol. The first-order valence-electron chi connectivity index (χ1n) is 6.06. The zero-order valence-electron chi connectivity index (χ0n) is 10.8. The van der Waals surface area contributed by atoms with Crippen molar-refractivity contribution in [2.75, 3.05) is 5.32 Å². The number of nitrogens with zero attached hydrogens (tertiary/aromatic N) is 1. The lowest BCUT2D eigenvalue weighted by molar-refractivity contribution is -0.0504. The van der Waals surface area contributed by atoms with Gasteiger partial charge in [0.1, 0.15) is 11.8 Å². The molecule has 2 aromatic rings. The normalized spacial score (nSPS) is 10.2. The minimum Gasteiger partial charge on any atom is -0.434 e. The standard InChI is InChI=1S/C15H11ClF2N2O/c16-13-6-5-12(7-11(13)8-19)20-9-10-3-1-2-4-14(10)21-15(17)18/h1-7,15,20H,9H2. The van der Waals surface area contributed by atoms with Crippen LogP contribution in [0.4, 0.5) is 14.5 Å². The molecule has 0 aliphatic heterocycles. The summed E-state index contributed by atoms with van der Waals surface area (Å²) in [7, 11) is 0. The van der Waals surface area contributed by atoms with Gasteiger partial charge < -0.3 is 10.1 Å². The molecule has 0 saturated heterocycles. The first kappa shape index (κ1) is 15.1. The second-order valence-electron chi connectivity index (χ2n) is 4.15. The van der Waals surface area contributed by atoms with Crippen molar-refractivity contribution in [1.82, 2.24) is 0 Å². The smallest absolute Gasteiger partial charge is 0.387 e. The first-order chi connectivity index (χ1) is 10.1. The zero-order valence-corrected chi connectivity index (χ0v) is 11.6. The number of nitriles is 1. The molecule has 6 heteroatoms. The average molecular weight is 309 g/mol. The fourth-order valence-electron chi connectivity index (χ4n) is 1.78. The summed E-state index contributed by atoms with van der Waals surface area (Å²) in [5.74, 6) is 0.120. The van der Waals surface area contributed by atoms with Crippen molar-refractivity contribution < 1.29 is 13.5 Å². The second kappa shape index (κ2) is 6.91. The maximum atomic E-state index is 12.3. The van der Waals surface area contributed by atoms with Crippen LogP contribution in [-0.2, 0) is 6.54 Å². The van der Waals surface area contributed by atoms with Crippen LogP contribution < -0.4 is 10.1 Å². The molecule has 1 N–H and O–H groups in total. The summed E-state index contributed by atoms with van der Waals surface area (Å²) in [6.07, 6.45) is 0. The van der Waals surface area contributed by atoms with Crippen LogP contribution in [0.1, 0.15) is 11.1 Å². The van der Waals surface area contributed by atoms with E-state index in [1.807, 2.05) is 6.07 Å². The van der Waals surface area contributed by atoms with Crippen LogP contribution in [0.3, 0.4) is 0 Å². The molecule has 0 amide bonds. The van der Waals surface area contributed by atoms with E-state index in [0.29, 0.717) is 21.8 Å². The van der Waals surface area contributed by atoms with Crippen molar-refractivity contribution in [2.45, 2.75) is 13.2 Å². The number of anilines is 1. The molecule has 0 heterocycles. The molecule has 0 saturated carbocycles. The van der Waals surface area contributed by atoms with Gasteiger partial charge in [0.2, 0.25) is 0 Å². The average Bonchev–Trinajstić information content (AvgIpc) is 2.47. The van der Waals surface area contributed by atoms with E-state index in [0.717, 1.165) is 0 Å². The van der Waals surface area contributed by atoms with E-state index in [1.165, 1.54) is 6.07 Å². The molecule has 0 bridgehead atoms. The summed E-state index contributed by atoms with van der Waals surface area (Å²) in [5.41, 5.74) is 1.60. The van der Waals surface area contributed by atoms with Gasteiger partial charge in [0.15, 0.2) is 0 Å². The Bertz CT molecular complexity index is 671. The van der Waals surface area contributed by atoms with Crippen molar-refractivity contribution in [3.8, 4) is 11.8 Å². The molecule has 2 aromatic carbocycles. The number of nitrogens with one attached hydrogen (secondary N) is 1. The Labute approximate surface area is 125 Å². The Hall–Kier alpha value is -2.32. The molecular formula is C15H11ClF2N2O. The number of halogens is 3. The minimum atomic E-state index is -2.87. The van der Waals surface area contributed by atoms with Gasteiger partial charge in [-0.3, -0.25) is 0 Å². The molecule has 2 rings (SSSR count). The predicted molar refractivity (Wildman–Crippen MR) is 76.6 cm³/mol. The quantitative estimate of drug-likeness (QED) is 0.889. The summed E-state index contributed by atoms with van der Waals surface area (Å²) in [4.78, 5) is 0. The third-order valence-electron chi connectivity index (χ3n) is 2.76. The number of hydrogen-bond acceptors (Lipinski definition) is 3. The van der Waals surface area contributed by atoms with E-state index in [-0.39, 0.29) is 12.3 Å². The van der Waals surface area contributed by atoms with E-state index < -0.39 is 6.61 Å². The molecule has 0 atom stereocenters. The summed E-state index contributed by atoms with van der Waals surface area (Å²) >= 11 is 5.84. The molecule has 0 spiro atoms. The Morgan fingerprint density at radius 2 is 2.00 bits per heavy atom. The van der Waals surface area contributed by atoms with Crippen LogP contribution in [-0.4, -0.2) is 6.61 Å². The SMILES string of the molecule is N#Cc1cc(NCc2ccccc2OC(F)F)ccc1Cl. The van der Waals surface area contributed by atoms with Gasteiger partial charge in [-0.2, -0.15) is 14.0 Å². The van der Waals surface area contributed by atoms with Crippen LogP contribution in [0.2, 0.25) is 5.02 Å². The van der Waals surface area contributed by atoms with Crippen LogP contribution in [0, 0.1) is 11.3 Å². The van der Waals surface area contributed by atoms with Crippen molar-refractivity contribution in [3.63, 3.8) is 0 Å². The Balaban J connectivity index is 2.12. The van der Waals surface area contributed by atoms with Crippen LogP contribution in [0.15, 0.2) is 42.5 Å². The maximum absolute atomic E-state index is 12.3. The van der Waals surface area contributed by atoms with Crippen molar-refractivity contribution in [2.24, 2.45) is 0 Å². The highest BCUT2D eigenvalue weighted by atomic mass is 35.5. The molecule has 0 aliphatic carbocycles. The van der Waals surface area contributed by atoms with E-state index in [2.05, 4.69) is 10.1 Å². The highest BCUT2D eigenvalue weighted by Crippen LogP contribution is 2.23. The molecule has 0 radical (unpaired) electrons. The predicted octanol–water partition coefficient (Wildman–Crippen LogP) is 4.43. The number of para-hydroxylation sites is 1. The lowest BCUT2D eigenvalue weighted by atomic mass is 10.2. The number of alkyl halides is 2. The molecule has 0 aromatic heterocycles. The number of rotatable bonds is 5. The van der Waals surface area contributed by atoms with Gasteiger partial charge in [0, 0.05) is 17.8 Å². The molecular weight excluding hydrogens is 298 g/mol. The Morgan fingerprint density at radius 3 is 2.71 bits per heavy atom. The largest absolute Gasteiger partial charge is 0.434 e. The molecule has 3 nitrogen and oxygen atoms in total. The van der Waals surface area contributed by atoms with Crippen LogP contribution >= 0.6 is 11.6 Å². The topological polar surface area (TPSA) is 45.0 Å². The summed E-state index contributed by atoms with van der Waals surface area (Å²) in [6.45, 7) is -2.58. The Morgan fingerprint density at radius 1 is 1.24 bits per heavy atom. The van der Waals surface area contributed by atoms with Crippen LogP contribution in [0.5, 0.6) is 5.75 Å². The maximum Gasteiger partial charge on any atom is 0.387 e. The summed E-state index contributed by atoms with van der Waals surface area (Å²) in [5, 5.41) is 12.3. The van der Waals surface area contributed by atoms with Gasteiger partial charge in [-0.25, -0.2) is 0 Å². The van der Waals surface area contributed by atoms with Crippen LogP contribution in [0.25, 0.3) is 0 Å². The Kier molecular flexibility index (Phi) is 4.96. The van der Waals surface area contributed by atoms with Crippen molar-refractivity contribution in [1.29, 1.82) is 5.26 Å². The highest BCUT2D eigenvalue weighted by molar-refractivity contribution is 6.31. The summed E-state index contributed by atoms with van der Waals surface area (Å²) in [6, 6.07) is 13.4. The fraction of sp³-hybridized carbons (Fsp3) is 0.133. The molecule has 21 heavy (non-hydrogen) atoms. The van der Waals surface area contributed by atoms with E-state index >= 15 is 0 Å². The van der Waals surface area contributed by atoms with E-state index in [9.17, 15) is 8.78 Å². The minimum absolute atomic E-state index is 0.120. The van der Waals surface area contributed by atoms with E-state index in [4.69, 9.17) is 16.9 Å². The van der Waals surface area contributed by atoms with Crippen molar-refractivity contribution >= 4 is 17.3 Å². The first-order valence-corrected chi connectivity index (χ1v) is 6.44. The summed E-state index contributed by atoms with van der Waals surface area (Å²) < 4.78 is 29.1. The molecule has 0 fully saturated rings. The van der Waals surface area contributed by atoms with Gasteiger partial charge in [-0.1, -0.05) is 29.8 Å². The second-order valence-corrected chi connectivity index (χ2v) is 4.55. The third kappa shape index (κ3) is 4.07. The van der Waals surface area contributed by atoms with Gasteiger partial charge in [0.25, 0.3) is 0 Å². The molecule has 0 unspecified atom stereocenters. The number of hydrogen-bond donors (Lipinski definition) is 1. The fourth-order valence-corrected chi connectivity index (χ4v) is 1.94. The van der Waals surface area contributed by atoms with E-state index in [1.54, 1.807) is 36.4 Å². The van der Waals surface area contributed by atoms with Gasteiger partial charge in [0.05, 0.1) is 10.6 Å². The molecule has 0 aliphatic rings. The van der Waals surface area contributed by atoms with Gasteiger partial charge in [-0.05, 0) is 24.3 Å². The highest BCUT2D eigenvalue weighted by Gasteiger charge is 2.09. The van der Waals surface area contributed by atoms with Gasteiger partial charge in [-0.15, -0.1) is 0 Å². The van der Waals surface area contributed by atoms with Crippen molar-refractivity contribution in [3.05, 3.63) is 58.6 Å². The van der Waals surface area contributed by atoms with Gasteiger partial charge >= 0.3 is 6.61 Å². The molecule has 108 valence electrons. The zero-order chi connectivity index (χ0) is 15.2.